The predicted octanol–water partition coefficient (Wildman–Crippen LogP) is 4.01. The maximum atomic E-state index is 5.52. The predicted molar refractivity (Wildman–Crippen MR) is 90.8 cm³/mol. The molecule has 1 aliphatic heterocycles. The molecule has 0 bridgehead atoms. The van der Waals surface area contributed by atoms with E-state index in [1.54, 1.807) is 7.11 Å². The van der Waals surface area contributed by atoms with Crippen molar-refractivity contribution in [2.45, 2.75) is 32.1 Å². The van der Waals surface area contributed by atoms with Crippen molar-refractivity contribution in [3.63, 3.8) is 0 Å². The van der Waals surface area contributed by atoms with E-state index < -0.39 is 0 Å². The molecule has 22 heavy (non-hydrogen) atoms. The minimum Gasteiger partial charge on any atom is -0.496 e. The molecule has 1 unspecified atom stereocenters. The van der Waals surface area contributed by atoms with Crippen molar-refractivity contribution in [1.29, 1.82) is 0 Å². The Kier molecular flexibility index (Phi) is 3.53. The normalized spacial score (nSPS) is 19.2. The molecule has 2 aromatic carbocycles. The number of nitrogens with one attached hydrogen (secondary N) is 1. The van der Waals surface area contributed by atoms with Crippen LogP contribution in [0.25, 0.3) is 0 Å². The lowest BCUT2D eigenvalue weighted by molar-refractivity contribution is 0.408. The van der Waals surface area contributed by atoms with Crippen LogP contribution >= 0.6 is 0 Å². The molecule has 114 valence electrons. The third kappa shape index (κ3) is 2.47. The molecule has 1 heterocycles. The summed E-state index contributed by atoms with van der Waals surface area (Å²) < 4.78 is 5.52. The second-order valence-electron chi connectivity index (χ2n) is 6.60. The average Bonchev–Trinajstić information content (AvgIpc) is 2.97. The van der Waals surface area contributed by atoms with Crippen LogP contribution in [0.3, 0.4) is 0 Å². The maximum Gasteiger partial charge on any atom is 0.122 e. The largest absolute Gasteiger partial charge is 0.496 e. The van der Waals surface area contributed by atoms with Crippen LogP contribution in [0.5, 0.6) is 5.75 Å². The maximum absolute atomic E-state index is 5.52. The van der Waals surface area contributed by atoms with Crippen molar-refractivity contribution in [3.05, 3.63) is 58.7 Å². The standard InChI is InChI=1S/C20H23NO/c1-22-20-6-2-4-16-12-15(13-18(16)20)10-14-7-8-19-17(11-14)5-3-9-21-19/h2,4,6-8,11,15,21H,3,5,9-10,12-13H2,1H3. The van der Waals surface area contributed by atoms with E-state index in [1.165, 1.54) is 53.6 Å². The van der Waals surface area contributed by atoms with E-state index in [2.05, 4.69) is 41.7 Å². The Bertz CT molecular complexity index is 692. The lowest BCUT2D eigenvalue weighted by atomic mass is 9.93. The molecule has 2 nitrogen and oxygen atoms in total. The van der Waals surface area contributed by atoms with Gasteiger partial charge in [0.1, 0.15) is 5.75 Å². The summed E-state index contributed by atoms with van der Waals surface area (Å²) in [5.74, 6) is 1.77. The van der Waals surface area contributed by atoms with Gasteiger partial charge in [0.15, 0.2) is 0 Å². The van der Waals surface area contributed by atoms with Crippen molar-refractivity contribution in [2.24, 2.45) is 5.92 Å². The molecular formula is C20H23NO. The van der Waals surface area contributed by atoms with Crippen LogP contribution in [0.15, 0.2) is 36.4 Å². The van der Waals surface area contributed by atoms with Crippen molar-refractivity contribution < 1.29 is 4.74 Å². The van der Waals surface area contributed by atoms with Gasteiger partial charge in [0.25, 0.3) is 0 Å². The first kappa shape index (κ1) is 13.7. The molecule has 0 amide bonds. The van der Waals surface area contributed by atoms with Gasteiger partial charge in [0.2, 0.25) is 0 Å². The lowest BCUT2D eigenvalue weighted by Gasteiger charge is -2.19. The van der Waals surface area contributed by atoms with Crippen LogP contribution in [0.1, 0.15) is 28.7 Å². The van der Waals surface area contributed by atoms with Crippen LogP contribution in [0, 0.1) is 5.92 Å². The van der Waals surface area contributed by atoms with E-state index in [4.69, 9.17) is 4.74 Å². The van der Waals surface area contributed by atoms with Gasteiger partial charge in [-0.1, -0.05) is 24.3 Å². The van der Waals surface area contributed by atoms with Gasteiger partial charge in [-0.05, 0) is 72.4 Å². The van der Waals surface area contributed by atoms with Crippen molar-refractivity contribution in [2.75, 3.05) is 19.0 Å². The molecule has 4 rings (SSSR count). The summed E-state index contributed by atoms with van der Waals surface area (Å²) in [6.07, 6.45) is 5.97. The summed E-state index contributed by atoms with van der Waals surface area (Å²) in [6.45, 7) is 1.12. The van der Waals surface area contributed by atoms with E-state index in [9.17, 15) is 0 Å². The zero-order valence-electron chi connectivity index (χ0n) is 13.2. The SMILES string of the molecule is COc1cccc2c1CC(Cc1ccc3c(c1)CCCN3)C2. The van der Waals surface area contributed by atoms with Crippen LogP contribution in [-0.4, -0.2) is 13.7 Å². The van der Waals surface area contributed by atoms with Gasteiger partial charge < -0.3 is 10.1 Å². The highest BCUT2D eigenvalue weighted by Crippen LogP contribution is 2.35. The Labute approximate surface area is 132 Å². The van der Waals surface area contributed by atoms with Gasteiger partial charge in [-0.25, -0.2) is 0 Å². The minimum absolute atomic E-state index is 0.709. The van der Waals surface area contributed by atoms with Gasteiger partial charge in [0.05, 0.1) is 7.11 Å². The first-order valence-corrected chi connectivity index (χ1v) is 8.34. The van der Waals surface area contributed by atoms with Crippen LogP contribution in [0.2, 0.25) is 0 Å². The number of aryl methyl sites for hydroxylation is 1. The summed E-state index contributed by atoms with van der Waals surface area (Å²) in [6, 6.07) is 13.5. The van der Waals surface area contributed by atoms with Crippen LogP contribution in [0.4, 0.5) is 5.69 Å². The molecule has 2 heteroatoms. The highest BCUT2D eigenvalue weighted by Gasteiger charge is 2.24. The molecule has 0 saturated heterocycles. The van der Waals surface area contributed by atoms with Crippen LogP contribution < -0.4 is 10.1 Å². The molecule has 0 radical (unpaired) electrons. The summed E-state index contributed by atoms with van der Waals surface area (Å²) in [7, 11) is 1.78. The number of hydrogen-bond donors (Lipinski definition) is 1. The first-order chi connectivity index (χ1) is 10.8. The molecule has 0 spiro atoms. The topological polar surface area (TPSA) is 21.3 Å². The number of ether oxygens (including phenoxy) is 1. The average molecular weight is 293 g/mol. The van der Waals surface area contributed by atoms with Crippen molar-refractivity contribution in [3.8, 4) is 5.75 Å². The van der Waals surface area contributed by atoms with Gasteiger partial charge in [-0.15, -0.1) is 0 Å². The fourth-order valence-electron chi connectivity index (χ4n) is 4.03. The number of hydrogen-bond acceptors (Lipinski definition) is 2. The molecule has 0 saturated carbocycles. The second kappa shape index (κ2) is 5.68. The van der Waals surface area contributed by atoms with Crippen LogP contribution in [-0.2, 0) is 25.7 Å². The molecule has 1 aliphatic carbocycles. The van der Waals surface area contributed by atoms with E-state index in [-0.39, 0.29) is 0 Å². The molecular weight excluding hydrogens is 270 g/mol. The van der Waals surface area contributed by atoms with Gasteiger partial charge in [-0.2, -0.15) is 0 Å². The Hall–Kier alpha value is -1.96. The number of methoxy groups -OCH3 is 1. The minimum atomic E-state index is 0.709. The molecule has 1 N–H and O–H groups in total. The first-order valence-electron chi connectivity index (χ1n) is 8.34. The van der Waals surface area contributed by atoms with E-state index in [0.717, 1.165) is 18.7 Å². The van der Waals surface area contributed by atoms with E-state index in [1.807, 2.05) is 0 Å². The van der Waals surface area contributed by atoms with Gasteiger partial charge in [0, 0.05) is 12.2 Å². The third-order valence-electron chi connectivity index (χ3n) is 5.08. The van der Waals surface area contributed by atoms with Gasteiger partial charge in [-0.3, -0.25) is 0 Å². The zero-order valence-corrected chi connectivity index (χ0v) is 13.2. The zero-order chi connectivity index (χ0) is 14.9. The third-order valence-corrected chi connectivity index (χ3v) is 5.08. The summed E-state index contributed by atoms with van der Waals surface area (Å²) in [5, 5.41) is 3.50. The highest BCUT2D eigenvalue weighted by molar-refractivity contribution is 5.54. The fourth-order valence-corrected chi connectivity index (χ4v) is 4.03. The number of benzene rings is 2. The quantitative estimate of drug-likeness (QED) is 0.923. The van der Waals surface area contributed by atoms with E-state index in [0.29, 0.717) is 5.92 Å². The van der Waals surface area contributed by atoms with Crippen molar-refractivity contribution >= 4 is 5.69 Å². The van der Waals surface area contributed by atoms with E-state index >= 15 is 0 Å². The number of rotatable bonds is 3. The van der Waals surface area contributed by atoms with Crippen molar-refractivity contribution in [1.82, 2.24) is 0 Å². The Morgan fingerprint density at radius 3 is 3.00 bits per heavy atom. The molecule has 1 atom stereocenters. The molecule has 0 aromatic heterocycles. The van der Waals surface area contributed by atoms with Gasteiger partial charge >= 0.3 is 0 Å². The smallest absolute Gasteiger partial charge is 0.122 e. The lowest BCUT2D eigenvalue weighted by Crippen LogP contribution is -2.12. The molecule has 2 aromatic rings. The fraction of sp³-hybridized carbons (Fsp3) is 0.400. The number of anilines is 1. The highest BCUT2D eigenvalue weighted by atomic mass is 16.5. The summed E-state index contributed by atoms with van der Waals surface area (Å²) in [4.78, 5) is 0. The Morgan fingerprint density at radius 2 is 2.09 bits per heavy atom. The Morgan fingerprint density at radius 1 is 1.14 bits per heavy atom. The summed E-state index contributed by atoms with van der Waals surface area (Å²) >= 11 is 0. The Balaban J connectivity index is 1.51. The molecule has 2 aliphatic rings. The molecule has 0 fully saturated rings. The summed E-state index contributed by atoms with van der Waals surface area (Å²) in [5.41, 5.74) is 7.22. The number of fused-ring (bicyclic) bond motifs is 2. The monoisotopic (exact) mass is 293 g/mol. The second-order valence-corrected chi connectivity index (χ2v) is 6.60.